The van der Waals surface area contributed by atoms with E-state index < -0.39 is 0 Å². The van der Waals surface area contributed by atoms with Crippen LogP contribution in [-0.4, -0.2) is 67.2 Å². The van der Waals surface area contributed by atoms with Gasteiger partial charge in [-0.25, -0.2) is 0 Å². The molecule has 1 aromatic rings. The van der Waals surface area contributed by atoms with Gasteiger partial charge >= 0.3 is 0 Å². The zero-order valence-corrected chi connectivity index (χ0v) is 15.3. The molecule has 136 valence electrons. The Labute approximate surface area is 150 Å². The Kier molecular flexibility index (Phi) is 4.56. The maximum atomic E-state index is 12.2. The van der Waals surface area contributed by atoms with Gasteiger partial charge in [0.25, 0.3) is 0 Å². The van der Waals surface area contributed by atoms with Crippen molar-refractivity contribution in [3.63, 3.8) is 0 Å². The highest BCUT2D eigenvalue weighted by atomic mass is 16.5. The first kappa shape index (κ1) is 17.0. The number of likely N-dealkylation sites (N-methyl/N-ethyl adjacent to an activating group) is 1. The molecule has 5 nitrogen and oxygen atoms in total. The molecule has 0 aromatic heterocycles. The number of ether oxygens (including phenoxy) is 1. The fourth-order valence-electron chi connectivity index (χ4n) is 4.26. The first-order valence-electron chi connectivity index (χ1n) is 9.44. The number of nitrogens with one attached hydrogen (secondary N) is 1. The summed E-state index contributed by atoms with van der Waals surface area (Å²) in [5.74, 6) is 0.872. The van der Waals surface area contributed by atoms with Crippen molar-refractivity contribution in [2.24, 2.45) is 5.92 Å². The Morgan fingerprint density at radius 3 is 2.80 bits per heavy atom. The third kappa shape index (κ3) is 3.73. The summed E-state index contributed by atoms with van der Waals surface area (Å²) in [5, 5.41) is 2.80. The highest BCUT2D eigenvalue weighted by Crippen LogP contribution is 2.36. The number of hydrogen-bond donors (Lipinski definition) is 1. The van der Waals surface area contributed by atoms with Crippen molar-refractivity contribution in [1.82, 2.24) is 15.1 Å². The average Bonchev–Trinajstić information content (AvgIpc) is 3.37. The van der Waals surface area contributed by atoms with Crippen LogP contribution in [0.5, 0.6) is 0 Å². The number of amides is 1. The van der Waals surface area contributed by atoms with Gasteiger partial charge in [0.05, 0.1) is 6.61 Å². The fraction of sp³-hybridized carbons (Fsp3) is 0.650. The molecule has 1 spiro atoms. The van der Waals surface area contributed by atoms with Gasteiger partial charge in [-0.15, -0.1) is 0 Å². The second-order valence-corrected chi connectivity index (χ2v) is 8.13. The molecule has 1 atom stereocenters. The van der Waals surface area contributed by atoms with Crippen molar-refractivity contribution in [2.45, 2.75) is 38.0 Å². The largest absolute Gasteiger partial charge is 0.369 e. The van der Waals surface area contributed by atoms with E-state index >= 15 is 0 Å². The zero-order valence-electron chi connectivity index (χ0n) is 15.3. The fourth-order valence-corrected chi connectivity index (χ4v) is 4.26. The second-order valence-electron chi connectivity index (χ2n) is 8.13. The van der Waals surface area contributed by atoms with Crippen LogP contribution in [0.4, 0.5) is 0 Å². The summed E-state index contributed by atoms with van der Waals surface area (Å²) in [6.45, 7) is 7.48. The third-order valence-corrected chi connectivity index (χ3v) is 5.73. The number of carbonyl (C=O) groups excluding carboxylic acids is 1. The summed E-state index contributed by atoms with van der Waals surface area (Å²) >= 11 is 0. The van der Waals surface area contributed by atoms with E-state index in [2.05, 4.69) is 46.3 Å². The first-order chi connectivity index (χ1) is 12.1. The van der Waals surface area contributed by atoms with E-state index in [1.807, 2.05) is 0 Å². The normalized spacial score (nSPS) is 26.4. The number of hydrogen-bond acceptors (Lipinski definition) is 4. The molecule has 3 fully saturated rings. The van der Waals surface area contributed by atoms with Crippen molar-refractivity contribution >= 4 is 5.91 Å². The number of carbonyl (C=O) groups is 1. The predicted molar refractivity (Wildman–Crippen MR) is 97.3 cm³/mol. The number of aryl methyl sites for hydroxylation is 1. The maximum absolute atomic E-state index is 12.2. The number of likely N-dealkylation sites (tertiary alicyclic amines) is 1. The Morgan fingerprint density at radius 2 is 2.12 bits per heavy atom. The van der Waals surface area contributed by atoms with E-state index in [0.717, 1.165) is 38.6 Å². The van der Waals surface area contributed by atoms with Crippen molar-refractivity contribution in [3.8, 4) is 0 Å². The average molecular weight is 343 g/mol. The van der Waals surface area contributed by atoms with Crippen LogP contribution in [0.1, 0.15) is 24.0 Å². The second kappa shape index (κ2) is 6.71. The molecule has 1 aromatic carbocycles. The molecule has 0 radical (unpaired) electrons. The van der Waals surface area contributed by atoms with E-state index in [-0.39, 0.29) is 17.6 Å². The van der Waals surface area contributed by atoms with Crippen LogP contribution in [0.2, 0.25) is 0 Å². The summed E-state index contributed by atoms with van der Waals surface area (Å²) in [6, 6.07) is 8.60. The minimum Gasteiger partial charge on any atom is -0.369 e. The van der Waals surface area contributed by atoms with Crippen molar-refractivity contribution in [2.75, 3.05) is 39.8 Å². The van der Waals surface area contributed by atoms with E-state index in [9.17, 15) is 4.79 Å². The summed E-state index contributed by atoms with van der Waals surface area (Å²) in [6.07, 6.45) is 2.62. The van der Waals surface area contributed by atoms with E-state index in [1.165, 1.54) is 24.0 Å². The van der Waals surface area contributed by atoms with Gasteiger partial charge in [-0.3, -0.25) is 14.6 Å². The number of nitrogens with zero attached hydrogens (tertiary/aromatic N) is 2. The lowest BCUT2D eigenvalue weighted by atomic mass is 9.89. The van der Waals surface area contributed by atoms with E-state index in [1.54, 1.807) is 7.05 Å². The number of benzene rings is 1. The van der Waals surface area contributed by atoms with Crippen LogP contribution < -0.4 is 5.32 Å². The minimum absolute atomic E-state index is 0.0801. The molecule has 25 heavy (non-hydrogen) atoms. The molecule has 2 aliphatic heterocycles. The van der Waals surface area contributed by atoms with Gasteiger partial charge in [-0.1, -0.05) is 29.8 Å². The van der Waals surface area contributed by atoms with Gasteiger partial charge in [0.2, 0.25) is 5.91 Å². The molecular weight excluding hydrogens is 314 g/mol. The topological polar surface area (TPSA) is 44.8 Å². The summed E-state index contributed by atoms with van der Waals surface area (Å²) in [4.78, 5) is 17.0. The lowest BCUT2D eigenvalue weighted by Crippen LogP contribution is -2.72. The van der Waals surface area contributed by atoms with Gasteiger partial charge in [-0.2, -0.15) is 0 Å². The van der Waals surface area contributed by atoms with Gasteiger partial charge in [0, 0.05) is 39.8 Å². The summed E-state index contributed by atoms with van der Waals surface area (Å²) in [5.41, 5.74) is 2.60. The van der Waals surface area contributed by atoms with Crippen LogP contribution in [-0.2, 0) is 16.1 Å². The molecule has 5 heteroatoms. The number of rotatable bonds is 5. The molecule has 3 aliphatic rings. The quantitative estimate of drug-likeness (QED) is 0.878. The lowest BCUT2D eigenvalue weighted by molar-refractivity contribution is -0.203. The van der Waals surface area contributed by atoms with E-state index in [4.69, 9.17) is 4.74 Å². The molecule has 0 bridgehead atoms. The first-order valence-corrected chi connectivity index (χ1v) is 9.44. The molecule has 1 aliphatic carbocycles. The van der Waals surface area contributed by atoms with Gasteiger partial charge in [0.15, 0.2) is 0 Å². The van der Waals surface area contributed by atoms with Crippen LogP contribution in [0.3, 0.4) is 0 Å². The SMILES string of the molecule is CNC(=O)[C@@H]1COC2(CN(Cc3cccc(C)c3)C2)CN1CC1CC1. The smallest absolute Gasteiger partial charge is 0.239 e. The van der Waals surface area contributed by atoms with E-state index in [0.29, 0.717) is 6.61 Å². The highest BCUT2D eigenvalue weighted by molar-refractivity contribution is 5.81. The zero-order chi connectivity index (χ0) is 17.4. The molecule has 1 saturated carbocycles. The third-order valence-electron chi connectivity index (χ3n) is 5.73. The summed E-state index contributed by atoms with van der Waals surface area (Å²) < 4.78 is 6.22. The van der Waals surface area contributed by atoms with Crippen LogP contribution in [0, 0.1) is 12.8 Å². The Balaban J connectivity index is 1.36. The van der Waals surface area contributed by atoms with Crippen molar-refractivity contribution < 1.29 is 9.53 Å². The molecule has 4 rings (SSSR count). The molecular formula is C20H29N3O2. The Morgan fingerprint density at radius 1 is 1.32 bits per heavy atom. The standard InChI is InChI=1S/C20H29N3O2/c1-15-4-3-5-17(8-15)9-22-12-20(13-22)14-23(10-16-6-7-16)18(11-25-20)19(24)21-2/h3-5,8,16,18H,6-7,9-14H2,1-2H3,(H,21,24)/t18-/m0/s1. The lowest BCUT2D eigenvalue weighted by Gasteiger charge is -2.55. The summed E-state index contributed by atoms with van der Waals surface area (Å²) in [7, 11) is 1.72. The molecule has 0 unspecified atom stereocenters. The molecule has 1 N–H and O–H groups in total. The number of morpholine rings is 1. The van der Waals surface area contributed by atoms with Crippen LogP contribution in [0.25, 0.3) is 0 Å². The van der Waals surface area contributed by atoms with Gasteiger partial charge < -0.3 is 10.1 Å². The molecule has 2 saturated heterocycles. The van der Waals surface area contributed by atoms with Gasteiger partial charge in [-0.05, 0) is 31.2 Å². The van der Waals surface area contributed by atoms with Crippen molar-refractivity contribution in [1.29, 1.82) is 0 Å². The molecule has 2 heterocycles. The van der Waals surface area contributed by atoms with Crippen LogP contribution >= 0.6 is 0 Å². The van der Waals surface area contributed by atoms with Gasteiger partial charge in [0.1, 0.15) is 11.6 Å². The van der Waals surface area contributed by atoms with Crippen LogP contribution in [0.15, 0.2) is 24.3 Å². The Bertz CT molecular complexity index is 638. The molecule has 1 amide bonds. The minimum atomic E-state index is -0.123. The predicted octanol–water partition coefficient (Wildman–Crippen LogP) is 1.41. The maximum Gasteiger partial charge on any atom is 0.239 e. The Hall–Kier alpha value is -1.43. The van der Waals surface area contributed by atoms with Crippen molar-refractivity contribution in [3.05, 3.63) is 35.4 Å². The highest BCUT2D eigenvalue weighted by Gasteiger charge is 2.50. The monoisotopic (exact) mass is 343 g/mol.